The summed E-state index contributed by atoms with van der Waals surface area (Å²) in [4.78, 5) is 33.7. The Labute approximate surface area is 239 Å². The molecule has 41 heavy (non-hydrogen) atoms. The maximum absolute atomic E-state index is 15.4. The third-order valence-electron chi connectivity index (χ3n) is 6.90. The lowest BCUT2D eigenvalue weighted by Crippen LogP contribution is -2.15. The van der Waals surface area contributed by atoms with Gasteiger partial charge in [-0.15, -0.1) is 0 Å². The highest BCUT2D eigenvalue weighted by Gasteiger charge is 2.29. The van der Waals surface area contributed by atoms with Crippen molar-refractivity contribution in [1.82, 2.24) is 29.5 Å². The fourth-order valence-electron chi connectivity index (χ4n) is 4.67. The van der Waals surface area contributed by atoms with Crippen LogP contribution in [0.1, 0.15) is 18.5 Å². The standard InChI is InChI=1S/C29H24ClFN8O2/c1-14-8-9-33-29(37-14)41-21-7-6-17(10-20(21)31)23-24-26(32)35-13-36-27(24)39(3)25(23)18-12-34-22(11-19(18)30)38-28(40)15(2)16-4-5-16/h6-13,16H,2,4-5H2,1,3H3,(H2,32,35,36)(H,34,38,40). The topological polar surface area (TPSA) is 134 Å². The number of aryl methyl sites for hydroxylation is 2. The number of nitrogen functional groups attached to an aromatic ring is 1. The number of halogens is 2. The second-order valence-corrected chi connectivity index (χ2v) is 10.2. The molecule has 4 heterocycles. The molecule has 1 aliphatic carbocycles. The first-order valence-electron chi connectivity index (χ1n) is 12.7. The number of aromatic nitrogens is 6. The number of amides is 1. The summed E-state index contributed by atoms with van der Waals surface area (Å²) in [5.41, 5.74) is 10.2. The fraction of sp³-hybridized carbons (Fsp3) is 0.172. The molecule has 4 aromatic heterocycles. The van der Waals surface area contributed by atoms with Gasteiger partial charge in [-0.25, -0.2) is 29.3 Å². The lowest BCUT2D eigenvalue weighted by Gasteiger charge is -2.13. The summed E-state index contributed by atoms with van der Waals surface area (Å²) in [6.07, 6.45) is 6.36. The first-order valence-corrected chi connectivity index (χ1v) is 13.1. The molecular weight excluding hydrogens is 547 g/mol. The SMILES string of the molecule is C=C(C(=O)Nc1cc(Cl)c(-c2c(-c3ccc(Oc4nccc(C)n4)c(F)c3)c3c(N)ncnc3n2C)cn1)C1CC1. The molecule has 0 bridgehead atoms. The molecule has 206 valence electrons. The number of carbonyl (C=O) groups excluding carboxylic acids is 1. The molecule has 5 aromatic rings. The monoisotopic (exact) mass is 570 g/mol. The normalized spacial score (nSPS) is 12.9. The average molecular weight is 571 g/mol. The Hall–Kier alpha value is -4.90. The van der Waals surface area contributed by atoms with E-state index >= 15 is 4.39 Å². The van der Waals surface area contributed by atoms with E-state index in [-0.39, 0.29) is 35.2 Å². The largest absolute Gasteiger partial charge is 0.421 e. The van der Waals surface area contributed by atoms with Crippen LogP contribution in [0.25, 0.3) is 33.4 Å². The molecular formula is C29H24ClFN8O2. The molecule has 10 nitrogen and oxygen atoms in total. The number of rotatable bonds is 7. The Morgan fingerprint density at radius 3 is 2.71 bits per heavy atom. The number of nitrogens with one attached hydrogen (secondary N) is 1. The van der Waals surface area contributed by atoms with Gasteiger partial charge in [0.05, 0.1) is 16.1 Å². The number of carbonyl (C=O) groups is 1. The molecule has 1 amide bonds. The summed E-state index contributed by atoms with van der Waals surface area (Å²) in [5, 5.41) is 3.59. The molecule has 1 aliphatic rings. The highest BCUT2D eigenvalue weighted by atomic mass is 35.5. The number of ether oxygens (including phenoxy) is 1. The van der Waals surface area contributed by atoms with E-state index in [4.69, 9.17) is 22.1 Å². The molecule has 1 fully saturated rings. The quantitative estimate of drug-likeness (QED) is 0.232. The van der Waals surface area contributed by atoms with Crippen LogP contribution in [0.2, 0.25) is 5.02 Å². The van der Waals surface area contributed by atoms with Crippen LogP contribution >= 0.6 is 11.6 Å². The zero-order valence-electron chi connectivity index (χ0n) is 22.2. The lowest BCUT2D eigenvalue weighted by molar-refractivity contribution is -0.113. The second kappa shape index (κ2) is 10.3. The van der Waals surface area contributed by atoms with Crippen LogP contribution in [0.5, 0.6) is 11.8 Å². The predicted molar refractivity (Wildman–Crippen MR) is 154 cm³/mol. The Balaban J connectivity index is 1.43. The smallest absolute Gasteiger partial charge is 0.322 e. The van der Waals surface area contributed by atoms with Crippen molar-refractivity contribution >= 4 is 40.2 Å². The van der Waals surface area contributed by atoms with Gasteiger partial charge in [-0.1, -0.05) is 24.2 Å². The number of pyridine rings is 1. The Kier molecular flexibility index (Phi) is 6.58. The summed E-state index contributed by atoms with van der Waals surface area (Å²) in [7, 11) is 1.79. The van der Waals surface area contributed by atoms with E-state index < -0.39 is 5.82 Å². The van der Waals surface area contributed by atoms with Gasteiger partial charge in [0.25, 0.3) is 5.91 Å². The van der Waals surface area contributed by atoms with Crippen molar-refractivity contribution in [2.45, 2.75) is 19.8 Å². The molecule has 1 saturated carbocycles. The van der Waals surface area contributed by atoms with Gasteiger partial charge in [0, 0.05) is 47.9 Å². The maximum atomic E-state index is 15.4. The molecule has 0 saturated heterocycles. The number of nitrogens with zero attached hydrogens (tertiary/aromatic N) is 6. The Bertz CT molecular complexity index is 1870. The predicted octanol–water partition coefficient (Wildman–Crippen LogP) is 5.87. The van der Waals surface area contributed by atoms with E-state index in [1.165, 1.54) is 24.7 Å². The van der Waals surface area contributed by atoms with Crippen LogP contribution in [0.15, 0.2) is 61.2 Å². The van der Waals surface area contributed by atoms with Gasteiger partial charge >= 0.3 is 6.01 Å². The van der Waals surface area contributed by atoms with E-state index in [0.29, 0.717) is 49.7 Å². The third-order valence-corrected chi connectivity index (χ3v) is 7.22. The van der Waals surface area contributed by atoms with Gasteiger partial charge in [-0.2, -0.15) is 0 Å². The van der Waals surface area contributed by atoms with Gasteiger partial charge < -0.3 is 20.4 Å². The molecule has 0 unspecified atom stereocenters. The van der Waals surface area contributed by atoms with Crippen molar-refractivity contribution in [2.75, 3.05) is 11.1 Å². The van der Waals surface area contributed by atoms with Crippen molar-refractivity contribution < 1.29 is 13.9 Å². The number of hydrogen-bond donors (Lipinski definition) is 2. The number of benzene rings is 1. The summed E-state index contributed by atoms with van der Waals surface area (Å²) in [5.74, 6) is -0.243. The van der Waals surface area contributed by atoms with Gasteiger partial charge in [-0.3, -0.25) is 4.79 Å². The highest BCUT2D eigenvalue weighted by Crippen LogP contribution is 2.44. The van der Waals surface area contributed by atoms with Gasteiger partial charge in [-0.05, 0) is 49.4 Å². The average Bonchev–Trinajstić information content (AvgIpc) is 3.74. The zero-order chi connectivity index (χ0) is 28.8. The Morgan fingerprint density at radius 1 is 1.20 bits per heavy atom. The minimum atomic E-state index is -0.635. The molecule has 6 rings (SSSR count). The molecule has 0 aliphatic heterocycles. The summed E-state index contributed by atoms with van der Waals surface area (Å²) >= 11 is 6.76. The van der Waals surface area contributed by atoms with E-state index in [2.05, 4.69) is 36.8 Å². The molecule has 12 heteroatoms. The molecule has 0 atom stereocenters. The van der Waals surface area contributed by atoms with E-state index in [1.807, 2.05) is 0 Å². The summed E-state index contributed by atoms with van der Waals surface area (Å²) in [6, 6.07) is 7.82. The zero-order valence-corrected chi connectivity index (χ0v) is 22.9. The summed E-state index contributed by atoms with van der Waals surface area (Å²) in [6.45, 7) is 5.67. The van der Waals surface area contributed by atoms with Crippen LogP contribution < -0.4 is 15.8 Å². The maximum Gasteiger partial charge on any atom is 0.322 e. The van der Waals surface area contributed by atoms with Crippen molar-refractivity contribution in [3.05, 3.63) is 77.7 Å². The molecule has 0 spiro atoms. The molecule has 1 aromatic carbocycles. The fourth-order valence-corrected chi connectivity index (χ4v) is 4.91. The molecule has 3 N–H and O–H groups in total. The highest BCUT2D eigenvalue weighted by molar-refractivity contribution is 6.34. The number of hydrogen-bond acceptors (Lipinski definition) is 8. The van der Waals surface area contributed by atoms with E-state index in [1.54, 1.807) is 42.9 Å². The minimum Gasteiger partial charge on any atom is -0.421 e. The number of nitrogens with two attached hydrogens (primary N) is 1. The second-order valence-electron chi connectivity index (χ2n) is 9.77. The van der Waals surface area contributed by atoms with Crippen molar-refractivity contribution in [2.24, 2.45) is 13.0 Å². The molecule has 0 radical (unpaired) electrons. The Morgan fingerprint density at radius 2 is 2.00 bits per heavy atom. The summed E-state index contributed by atoms with van der Waals surface area (Å²) < 4.78 is 22.8. The third kappa shape index (κ3) is 4.95. The number of fused-ring (bicyclic) bond motifs is 1. The van der Waals surface area contributed by atoms with Crippen LogP contribution in [-0.2, 0) is 11.8 Å². The minimum absolute atomic E-state index is 0.0332. The van der Waals surface area contributed by atoms with Gasteiger partial charge in [0.15, 0.2) is 11.6 Å². The van der Waals surface area contributed by atoms with E-state index in [0.717, 1.165) is 12.8 Å². The first kappa shape index (κ1) is 26.3. The van der Waals surface area contributed by atoms with Crippen molar-refractivity contribution in [3.63, 3.8) is 0 Å². The van der Waals surface area contributed by atoms with Crippen molar-refractivity contribution in [1.29, 1.82) is 0 Å². The van der Waals surface area contributed by atoms with Gasteiger partial charge in [0.2, 0.25) is 0 Å². The van der Waals surface area contributed by atoms with Crippen LogP contribution in [0.4, 0.5) is 16.0 Å². The van der Waals surface area contributed by atoms with Crippen molar-refractivity contribution in [3.8, 4) is 34.1 Å². The first-order chi connectivity index (χ1) is 19.7. The van der Waals surface area contributed by atoms with Crippen LogP contribution in [-0.4, -0.2) is 35.4 Å². The van der Waals surface area contributed by atoms with E-state index in [9.17, 15) is 4.79 Å². The number of anilines is 2. The van der Waals surface area contributed by atoms with Crippen LogP contribution in [0.3, 0.4) is 0 Å². The van der Waals surface area contributed by atoms with Gasteiger partial charge in [0.1, 0.15) is 23.6 Å². The van der Waals surface area contributed by atoms with Crippen LogP contribution in [0, 0.1) is 18.7 Å². The lowest BCUT2D eigenvalue weighted by atomic mass is 9.99.